The van der Waals surface area contributed by atoms with Gasteiger partial charge in [0.15, 0.2) is 11.1 Å². The Morgan fingerprint density at radius 3 is 1.90 bits per heavy atom. The normalized spacial score (nSPS) is 11.8. The van der Waals surface area contributed by atoms with Gasteiger partial charge in [0.1, 0.15) is 5.60 Å². The van der Waals surface area contributed by atoms with E-state index in [1.54, 1.807) is 33.8 Å². The lowest BCUT2D eigenvalue weighted by atomic mass is 10.0. The summed E-state index contributed by atoms with van der Waals surface area (Å²) < 4.78 is 0. The average molecular weight is 415 g/mol. The number of aryl methyl sites for hydroxylation is 1. The predicted octanol–water partition coefficient (Wildman–Crippen LogP) is 5.96. The van der Waals surface area contributed by atoms with Gasteiger partial charge in [-0.15, -0.1) is 0 Å². The Morgan fingerprint density at radius 2 is 1.47 bits per heavy atom. The molecule has 7 heteroatoms. The first kappa shape index (κ1) is 27.2. The Kier molecular flexibility index (Phi) is 10.9. The average Bonchev–Trinajstić information content (AvgIpc) is 2.69. The van der Waals surface area contributed by atoms with Crippen LogP contribution in [-0.4, -0.2) is 22.6 Å². The van der Waals surface area contributed by atoms with Gasteiger partial charge in [0.2, 0.25) is 0 Å². The van der Waals surface area contributed by atoms with E-state index in [0.29, 0.717) is 5.56 Å². The number of benzene rings is 1. The number of carbonyl (C=O) groups excluding carboxylic acids is 1. The molecule has 0 amide bonds. The Morgan fingerprint density at radius 1 is 0.967 bits per heavy atom. The molecule has 0 aliphatic carbocycles. The number of hydrogen-bond donors (Lipinski definition) is 0. The monoisotopic (exact) mass is 414 g/mol. The van der Waals surface area contributed by atoms with E-state index in [4.69, 9.17) is 20.3 Å². The molecule has 0 aliphatic rings. The van der Waals surface area contributed by atoms with E-state index in [2.05, 4.69) is 17.2 Å². The van der Waals surface area contributed by atoms with Crippen LogP contribution in [0.25, 0.3) is 0 Å². The molecule has 0 bridgehead atoms. The molecule has 0 unspecified atom stereocenters. The lowest BCUT2D eigenvalue weighted by Gasteiger charge is -2.17. The molecule has 0 radical (unpaired) electrons. The maximum atomic E-state index is 11.9. The van der Waals surface area contributed by atoms with Crippen LogP contribution in [0, 0.1) is 22.7 Å². The van der Waals surface area contributed by atoms with Gasteiger partial charge in [0, 0.05) is 0 Å². The molecule has 7 nitrogen and oxygen atoms in total. The number of unbranched alkanes of at least 4 members (excludes halogenated alkanes) is 1. The summed E-state index contributed by atoms with van der Waals surface area (Å²) in [5.74, 6) is -0.420. The van der Waals surface area contributed by atoms with Crippen molar-refractivity contribution in [2.24, 2.45) is 10.2 Å². The second kappa shape index (κ2) is 12.0. The van der Waals surface area contributed by atoms with Crippen molar-refractivity contribution in [3.05, 3.63) is 35.4 Å². The molecule has 0 fully saturated rings. The van der Waals surface area contributed by atoms with E-state index in [9.17, 15) is 4.79 Å². The fraction of sp³-hybridized carbons (Fsp3) is 0.609. The second-order valence-corrected chi connectivity index (χ2v) is 8.87. The van der Waals surface area contributed by atoms with Crippen molar-refractivity contribution in [1.82, 2.24) is 0 Å². The van der Waals surface area contributed by atoms with Gasteiger partial charge in [0.25, 0.3) is 0 Å². The van der Waals surface area contributed by atoms with Crippen molar-refractivity contribution in [2.45, 2.75) is 91.3 Å². The molecule has 1 aromatic rings. The summed E-state index contributed by atoms with van der Waals surface area (Å²) >= 11 is 0. The first-order valence-electron chi connectivity index (χ1n) is 10.0. The third kappa shape index (κ3) is 11.9. The van der Waals surface area contributed by atoms with Crippen molar-refractivity contribution in [1.29, 1.82) is 10.5 Å². The quantitative estimate of drug-likeness (QED) is 0.311. The summed E-state index contributed by atoms with van der Waals surface area (Å²) in [6, 6.07) is 11.4. The molecule has 0 saturated carbocycles. The first-order chi connectivity index (χ1) is 13.8. The summed E-state index contributed by atoms with van der Waals surface area (Å²) in [7, 11) is 0. The van der Waals surface area contributed by atoms with E-state index in [-0.39, 0.29) is 0 Å². The molecular weight excluding hydrogens is 380 g/mol. The SMILES string of the molecule is CC(C)(C#N)N=NC(C)(C)C#N.CCCCc1ccccc1C(=O)OOC(C)(C)C. The van der Waals surface area contributed by atoms with Crippen LogP contribution in [0.3, 0.4) is 0 Å². The Bertz CT molecular complexity index is 766. The zero-order valence-electron chi connectivity index (χ0n) is 19.4. The minimum atomic E-state index is -0.839. The molecule has 164 valence electrons. The number of azo groups is 1. The lowest BCUT2D eigenvalue weighted by Crippen LogP contribution is -2.22. The van der Waals surface area contributed by atoms with E-state index in [1.165, 1.54) is 0 Å². The van der Waals surface area contributed by atoms with Crippen molar-refractivity contribution in [3.8, 4) is 12.1 Å². The molecule has 0 aliphatic heterocycles. The highest BCUT2D eigenvalue weighted by molar-refractivity contribution is 5.90. The summed E-state index contributed by atoms with van der Waals surface area (Å²) in [4.78, 5) is 21.9. The molecular formula is C23H34N4O3. The standard InChI is InChI=1S/C15H22O3.C8H12N4/c1-5-6-9-12-10-7-8-11-13(12)14(16)17-18-15(2,3)4;1-7(2,5-9)11-12-8(3,4)6-10/h7-8,10-11H,5-6,9H2,1-4H3;1-4H3. The largest absolute Gasteiger partial charge is 0.373 e. The van der Waals surface area contributed by atoms with Gasteiger partial charge >= 0.3 is 5.97 Å². The molecule has 0 N–H and O–H groups in total. The first-order valence-corrected chi connectivity index (χ1v) is 10.0. The highest BCUT2D eigenvalue weighted by Crippen LogP contribution is 2.16. The number of nitrogens with zero attached hydrogens (tertiary/aromatic N) is 4. The van der Waals surface area contributed by atoms with Crippen LogP contribution in [0.5, 0.6) is 0 Å². The predicted molar refractivity (Wildman–Crippen MR) is 116 cm³/mol. The molecule has 0 aromatic heterocycles. The van der Waals surface area contributed by atoms with Crippen LogP contribution in [0.2, 0.25) is 0 Å². The smallest absolute Gasteiger partial charge is 0.292 e. The number of hydrogen-bond acceptors (Lipinski definition) is 7. The van der Waals surface area contributed by atoms with Crippen molar-refractivity contribution in [2.75, 3.05) is 0 Å². The molecule has 0 heterocycles. The van der Waals surface area contributed by atoms with Gasteiger partial charge in [-0.3, -0.25) is 4.89 Å². The van der Waals surface area contributed by atoms with Gasteiger partial charge in [0.05, 0.1) is 17.7 Å². The maximum absolute atomic E-state index is 11.9. The Labute approximate surface area is 180 Å². The zero-order valence-corrected chi connectivity index (χ0v) is 19.4. The van der Waals surface area contributed by atoms with Gasteiger partial charge < -0.3 is 0 Å². The molecule has 0 saturated heterocycles. The maximum Gasteiger partial charge on any atom is 0.373 e. The van der Waals surface area contributed by atoms with Crippen LogP contribution in [0.15, 0.2) is 34.5 Å². The van der Waals surface area contributed by atoms with Crippen LogP contribution in [-0.2, 0) is 16.2 Å². The van der Waals surface area contributed by atoms with Crippen molar-refractivity contribution >= 4 is 5.97 Å². The second-order valence-electron chi connectivity index (χ2n) is 8.87. The molecule has 0 spiro atoms. The third-order valence-corrected chi connectivity index (χ3v) is 3.50. The third-order valence-electron chi connectivity index (χ3n) is 3.50. The highest BCUT2D eigenvalue weighted by Gasteiger charge is 2.20. The van der Waals surface area contributed by atoms with Gasteiger partial charge in [-0.05, 0) is 72.9 Å². The number of nitriles is 2. The number of rotatable bonds is 7. The van der Waals surface area contributed by atoms with Crippen molar-refractivity contribution < 1.29 is 14.6 Å². The summed E-state index contributed by atoms with van der Waals surface area (Å²) in [6.45, 7) is 14.2. The van der Waals surface area contributed by atoms with Crippen molar-refractivity contribution in [3.63, 3.8) is 0 Å². The molecule has 0 atom stereocenters. The fourth-order valence-corrected chi connectivity index (χ4v) is 1.81. The summed E-state index contributed by atoms with van der Waals surface area (Å²) in [5, 5.41) is 24.7. The molecule has 30 heavy (non-hydrogen) atoms. The minimum absolute atomic E-state index is 0.420. The van der Waals surface area contributed by atoms with Gasteiger partial charge in [-0.2, -0.15) is 25.6 Å². The highest BCUT2D eigenvalue weighted by atomic mass is 17.2. The van der Waals surface area contributed by atoms with Gasteiger partial charge in [-0.25, -0.2) is 4.79 Å². The van der Waals surface area contributed by atoms with Gasteiger partial charge in [-0.1, -0.05) is 31.5 Å². The molecule has 1 rings (SSSR count). The summed E-state index contributed by atoms with van der Waals surface area (Å²) in [6.07, 6.45) is 3.05. The lowest BCUT2D eigenvalue weighted by molar-refractivity contribution is -0.301. The fourth-order valence-electron chi connectivity index (χ4n) is 1.81. The van der Waals surface area contributed by atoms with E-state index < -0.39 is 22.6 Å². The Hall–Kier alpha value is -2.77. The Balaban J connectivity index is 0.000000612. The van der Waals surface area contributed by atoms with Crippen LogP contribution in [0.4, 0.5) is 0 Å². The molecule has 1 aromatic carbocycles. The van der Waals surface area contributed by atoms with E-state index in [1.807, 2.05) is 51.1 Å². The minimum Gasteiger partial charge on any atom is -0.292 e. The van der Waals surface area contributed by atoms with E-state index >= 15 is 0 Å². The van der Waals surface area contributed by atoms with Crippen LogP contribution < -0.4 is 0 Å². The number of carbonyl (C=O) groups is 1. The summed E-state index contributed by atoms with van der Waals surface area (Å²) in [5.41, 5.74) is -0.562. The zero-order chi connectivity index (χ0) is 23.4. The van der Waals surface area contributed by atoms with E-state index in [0.717, 1.165) is 24.8 Å². The topological polar surface area (TPSA) is 108 Å². The van der Waals surface area contributed by atoms with Crippen LogP contribution >= 0.6 is 0 Å². The van der Waals surface area contributed by atoms with Crippen LogP contribution in [0.1, 0.15) is 84.2 Å².